The van der Waals surface area contributed by atoms with Crippen molar-refractivity contribution in [2.24, 2.45) is 0 Å². The third-order valence-corrected chi connectivity index (χ3v) is 6.12. The predicted octanol–water partition coefficient (Wildman–Crippen LogP) is 5.99. The molecule has 0 unspecified atom stereocenters. The number of pyridine rings is 1. The number of anilines is 1. The normalized spacial score (nSPS) is 12.4. The average molecular weight is 418 g/mol. The number of para-hydroxylation sites is 1. The van der Waals surface area contributed by atoms with Crippen molar-refractivity contribution in [2.45, 2.75) is 45.6 Å². The number of furan rings is 1. The summed E-state index contributed by atoms with van der Waals surface area (Å²) in [7, 11) is 1.61. The topological polar surface area (TPSA) is 55.3 Å². The number of hydrogen-bond acceptors (Lipinski definition) is 3. The van der Waals surface area contributed by atoms with E-state index in [4.69, 9.17) is 9.15 Å². The molecule has 2 heterocycles. The van der Waals surface area contributed by atoms with E-state index in [9.17, 15) is 4.79 Å². The Morgan fingerprint density at radius 1 is 1.03 bits per heavy atom. The second kappa shape index (κ2) is 8.80. The Bertz CT molecular complexity index is 1210. The first-order valence-corrected chi connectivity index (χ1v) is 10.9. The fourth-order valence-electron chi connectivity index (χ4n) is 4.13. The number of hydrogen-bond donors (Lipinski definition) is 1. The van der Waals surface area contributed by atoms with E-state index in [0.717, 1.165) is 29.2 Å². The number of ether oxygens (including phenoxy) is 1. The van der Waals surface area contributed by atoms with Crippen LogP contribution in [0.3, 0.4) is 0 Å². The molecule has 0 aliphatic heterocycles. The van der Waals surface area contributed by atoms with Crippen molar-refractivity contribution in [1.29, 1.82) is 0 Å². The molecular formula is C26H29N2O3+. The van der Waals surface area contributed by atoms with E-state index in [1.54, 1.807) is 7.11 Å². The minimum atomic E-state index is -0.369. The van der Waals surface area contributed by atoms with Crippen molar-refractivity contribution in [1.82, 2.24) is 0 Å². The van der Waals surface area contributed by atoms with Gasteiger partial charge in [0.05, 0.1) is 12.8 Å². The van der Waals surface area contributed by atoms with Gasteiger partial charge in [-0.15, -0.1) is 0 Å². The zero-order valence-corrected chi connectivity index (χ0v) is 18.5. The molecule has 2 aromatic heterocycles. The van der Waals surface area contributed by atoms with Crippen molar-refractivity contribution in [2.75, 3.05) is 12.4 Å². The molecule has 0 bridgehead atoms. The number of aromatic nitrogens is 1. The molecule has 0 saturated carbocycles. The molecule has 0 spiro atoms. The van der Waals surface area contributed by atoms with Gasteiger partial charge in [-0.05, 0) is 36.5 Å². The van der Waals surface area contributed by atoms with Gasteiger partial charge in [-0.2, -0.15) is 4.57 Å². The van der Waals surface area contributed by atoms with Gasteiger partial charge in [-0.1, -0.05) is 32.0 Å². The molecule has 1 amide bonds. The third kappa shape index (κ3) is 4.00. The number of fused-ring (bicyclic) bond motifs is 3. The molecule has 2 aromatic carbocycles. The summed E-state index contributed by atoms with van der Waals surface area (Å²) in [4.78, 5) is 13.0. The van der Waals surface area contributed by atoms with Crippen LogP contribution in [-0.2, 0) is 4.79 Å². The lowest BCUT2D eigenvalue weighted by Crippen LogP contribution is -2.44. The molecule has 0 aliphatic carbocycles. The molecule has 1 atom stereocenters. The molecule has 1 N–H and O–H groups in total. The summed E-state index contributed by atoms with van der Waals surface area (Å²) in [6, 6.07) is 15.5. The second-order valence-corrected chi connectivity index (χ2v) is 7.90. The van der Waals surface area contributed by atoms with E-state index in [0.29, 0.717) is 22.9 Å². The number of carbonyl (C=O) groups excluding carboxylic acids is 1. The van der Waals surface area contributed by atoms with E-state index in [2.05, 4.69) is 31.3 Å². The molecule has 4 aromatic rings. The predicted molar refractivity (Wildman–Crippen MR) is 124 cm³/mol. The van der Waals surface area contributed by atoms with E-state index < -0.39 is 0 Å². The molecule has 5 heteroatoms. The lowest BCUT2D eigenvalue weighted by Gasteiger charge is -2.14. The van der Waals surface area contributed by atoms with Crippen LogP contribution in [0.5, 0.6) is 5.75 Å². The van der Waals surface area contributed by atoms with Crippen molar-refractivity contribution >= 4 is 33.5 Å². The average Bonchev–Trinajstić information content (AvgIpc) is 3.16. The van der Waals surface area contributed by atoms with Gasteiger partial charge in [0.1, 0.15) is 16.9 Å². The molecule has 5 nitrogen and oxygen atoms in total. The molecule has 0 fully saturated rings. The van der Waals surface area contributed by atoms with Crippen LogP contribution in [-0.4, -0.2) is 13.0 Å². The smallest absolute Gasteiger partial charge is 0.293 e. The van der Waals surface area contributed by atoms with E-state index in [-0.39, 0.29) is 11.9 Å². The number of benzene rings is 2. The lowest BCUT2D eigenvalue weighted by atomic mass is 9.95. The maximum atomic E-state index is 13.0. The van der Waals surface area contributed by atoms with E-state index in [1.807, 2.05) is 60.3 Å². The molecule has 0 radical (unpaired) electrons. The highest BCUT2D eigenvalue weighted by molar-refractivity contribution is 6.07. The number of carbonyl (C=O) groups is 1. The van der Waals surface area contributed by atoms with Gasteiger partial charge >= 0.3 is 0 Å². The highest BCUT2D eigenvalue weighted by Crippen LogP contribution is 2.36. The summed E-state index contributed by atoms with van der Waals surface area (Å²) in [5.74, 6) is 1.04. The molecule has 160 valence electrons. The zero-order valence-electron chi connectivity index (χ0n) is 18.5. The minimum Gasteiger partial charge on any atom is -0.495 e. The van der Waals surface area contributed by atoms with Gasteiger partial charge in [-0.25, -0.2) is 0 Å². The Labute approximate surface area is 182 Å². The fourth-order valence-corrected chi connectivity index (χ4v) is 4.13. The van der Waals surface area contributed by atoms with Crippen molar-refractivity contribution in [3.63, 3.8) is 0 Å². The van der Waals surface area contributed by atoms with Gasteiger partial charge in [-0.3, -0.25) is 4.79 Å². The maximum absolute atomic E-state index is 13.0. The van der Waals surface area contributed by atoms with Crippen molar-refractivity contribution in [3.8, 4) is 5.75 Å². The second-order valence-electron chi connectivity index (χ2n) is 7.90. The first kappa shape index (κ1) is 20.9. The SMILES string of the molecule is CCC(CC)c1cc[n+]([C@H](C)C(=O)Nc2cc3oc4ccccc4c3cc2OC)cc1. The highest BCUT2D eigenvalue weighted by Gasteiger charge is 2.24. The van der Waals surface area contributed by atoms with Crippen LogP contribution < -0.4 is 14.6 Å². The number of methoxy groups -OCH3 is 1. The summed E-state index contributed by atoms with van der Waals surface area (Å²) >= 11 is 0. The first-order valence-electron chi connectivity index (χ1n) is 10.9. The van der Waals surface area contributed by atoms with Gasteiger partial charge in [0, 0.05) is 35.9 Å². The molecule has 0 saturated heterocycles. The summed E-state index contributed by atoms with van der Waals surface area (Å²) in [5, 5.41) is 5.00. The maximum Gasteiger partial charge on any atom is 0.293 e. The van der Waals surface area contributed by atoms with Gasteiger partial charge in [0.2, 0.25) is 6.04 Å². The Hall–Kier alpha value is -3.34. The molecule has 31 heavy (non-hydrogen) atoms. The van der Waals surface area contributed by atoms with Crippen LogP contribution in [0.1, 0.15) is 51.1 Å². The van der Waals surface area contributed by atoms with Crippen LogP contribution in [0.4, 0.5) is 5.69 Å². The van der Waals surface area contributed by atoms with Crippen molar-refractivity contribution < 1.29 is 18.5 Å². The molecule has 0 aliphatic rings. The number of nitrogens with zero attached hydrogens (tertiary/aromatic N) is 1. The Morgan fingerprint density at radius 2 is 1.74 bits per heavy atom. The lowest BCUT2D eigenvalue weighted by molar-refractivity contribution is -0.705. The van der Waals surface area contributed by atoms with Gasteiger partial charge < -0.3 is 14.5 Å². The monoisotopic (exact) mass is 417 g/mol. The molecule has 4 rings (SSSR count). The first-order chi connectivity index (χ1) is 15.0. The largest absolute Gasteiger partial charge is 0.495 e. The third-order valence-electron chi connectivity index (χ3n) is 6.12. The summed E-state index contributed by atoms with van der Waals surface area (Å²) in [6.45, 7) is 6.30. The summed E-state index contributed by atoms with van der Waals surface area (Å²) in [5.41, 5.74) is 3.43. The number of nitrogens with one attached hydrogen (secondary N) is 1. The fraction of sp³-hybridized carbons (Fsp3) is 0.308. The molecular weight excluding hydrogens is 388 g/mol. The Morgan fingerprint density at radius 3 is 2.42 bits per heavy atom. The zero-order chi connectivity index (χ0) is 22.0. The summed E-state index contributed by atoms with van der Waals surface area (Å²) in [6.07, 6.45) is 6.19. The number of rotatable bonds is 7. The van der Waals surface area contributed by atoms with Crippen LogP contribution in [0.15, 0.2) is 65.3 Å². The van der Waals surface area contributed by atoms with E-state index >= 15 is 0 Å². The Kier molecular flexibility index (Phi) is 5.94. The van der Waals surface area contributed by atoms with Gasteiger partial charge in [0.15, 0.2) is 12.4 Å². The number of amides is 1. The van der Waals surface area contributed by atoms with Crippen LogP contribution in [0, 0.1) is 0 Å². The minimum absolute atomic E-state index is 0.117. The highest BCUT2D eigenvalue weighted by atomic mass is 16.5. The standard InChI is InChI=1S/C26H28N2O3/c1-5-18(6-2)19-11-13-28(14-12-19)17(3)26(29)27-22-16-24-21(15-25(22)30-4)20-9-7-8-10-23(20)31-24/h7-18H,5-6H2,1-4H3/p+1/t17-/m1/s1. The quantitative estimate of drug-likeness (QED) is 0.376. The van der Waals surface area contributed by atoms with Crippen molar-refractivity contribution in [3.05, 3.63) is 66.5 Å². The van der Waals surface area contributed by atoms with Crippen LogP contribution in [0.2, 0.25) is 0 Å². The summed E-state index contributed by atoms with van der Waals surface area (Å²) < 4.78 is 13.4. The van der Waals surface area contributed by atoms with E-state index in [1.165, 1.54) is 5.56 Å². The van der Waals surface area contributed by atoms with Crippen LogP contribution >= 0.6 is 0 Å². The Balaban J connectivity index is 1.59. The van der Waals surface area contributed by atoms with Gasteiger partial charge in [0.25, 0.3) is 5.91 Å². The van der Waals surface area contributed by atoms with Crippen LogP contribution in [0.25, 0.3) is 21.9 Å².